The highest BCUT2D eigenvalue weighted by Gasteiger charge is 2.23. The Bertz CT molecular complexity index is 527. The lowest BCUT2D eigenvalue weighted by Gasteiger charge is -2.23. The lowest BCUT2D eigenvalue weighted by Crippen LogP contribution is -2.41. The molecular weight excluding hydrogens is 298 g/mol. The highest BCUT2D eigenvalue weighted by Crippen LogP contribution is 2.10. The van der Waals surface area contributed by atoms with Crippen LogP contribution >= 0.6 is 0 Å². The first-order valence-corrected chi connectivity index (χ1v) is 8.21. The molecule has 2 aliphatic rings. The van der Waals surface area contributed by atoms with Crippen LogP contribution in [0.3, 0.4) is 0 Å². The molecule has 126 valence electrons. The number of hydrogen-bond acceptors (Lipinski definition) is 6. The average Bonchev–Trinajstić information content (AvgIpc) is 3.19. The Morgan fingerprint density at radius 1 is 0.826 bits per heavy atom. The van der Waals surface area contributed by atoms with Crippen molar-refractivity contribution < 1.29 is 9.59 Å². The Morgan fingerprint density at radius 2 is 1.52 bits per heavy atom. The van der Waals surface area contributed by atoms with Gasteiger partial charge in [-0.05, 0) is 29.7 Å². The van der Waals surface area contributed by atoms with E-state index in [2.05, 4.69) is 20.4 Å². The Labute approximate surface area is 135 Å². The molecule has 3 heterocycles. The van der Waals surface area contributed by atoms with Crippen LogP contribution in [0.15, 0.2) is 6.33 Å². The van der Waals surface area contributed by atoms with E-state index in [9.17, 15) is 9.59 Å². The topological polar surface area (TPSA) is 87.5 Å². The molecule has 0 saturated carbocycles. The minimum absolute atomic E-state index is 0.0185. The molecule has 3 rings (SSSR count). The van der Waals surface area contributed by atoms with Gasteiger partial charge in [0.15, 0.2) is 0 Å². The third kappa shape index (κ3) is 4.25. The second-order valence-electron chi connectivity index (χ2n) is 6.11. The number of likely N-dealkylation sites (tertiary alicyclic amines) is 1. The Balaban J connectivity index is 1.46. The van der Waals surface area contributed by atoms with E-state index in [1.54, 1.807) is 0 Å². The van der Waals surface area contributed by atoms with Crippen molar-refractivity contribution in [2.75, 3.05) is 45.8 Å². The molecule has 2 aliphatic heterocycles. The van der Waals surface area contributed by atoms with Crippen LogP contribution in [0.4, 0.5) is 0 Å². The predicted molar refractivity (Wildman–Crippen MR) is 81.3 cm³/mol. The van der Waals surface area contributed by atoms with Gasteiger partial charge in [-0.25, -0.2) is 4.68 Å². The van der Waals surface area contributed by atoms with Gasteiger partial charge in [-0.2, -0.15) is 0 Å². The number of amides is 2. The first-order valence-electron chi connectivity index (χ1n) is 8.21. The minimum Gasteiger partial charge on any atom is -0.342 e. The van der Waals surface area contributed by atoms with Gasteiger partial charge >= 0.3 is 0 Å². The molecule has 0 atom stereocenters. The molecular formula is C14H23N7O2. The first-order chi connectivity index (χ1) is 11.2. The zero-order chi connectivity index (χ0) is 16.1. The van der Waals surface area contributed by atoms with Crippen LogP contribution in [0, 0.1) is 0 Å². The summed E-state index contributed by atoms with van der Waals surface area (Å²) >= 11 is 0. The normalized spacial score (nSPS) is 19.8. The SMILES string of the molecule is O=C(CN1CCCN(C(=O)Cn2cnnn2)CC1)N1CCCC1. The van der Waals surface area contributed by atoms with Crippen LogP contribution in [0.2, 0.25) is 0 Å². The maximum Gasteiger partial charge on any atom is 0.244 e. The fraction of sp³-hybridized carbons (Fsp3) is 0.786. The minimum atomic E-state index is 0.0185. The maximum atomic E-state index is 12.3. The van der Waals surface area contributed by atoms with Gasteiger partial charge in [0.25, 0.3) is 0 Å². The van der Waals surface area contributed by atoms with Crippen LogP contribution < -0.4 is 0 Å². The third-order valence-corrected chi connectivity index (χ3v) is 4.45. The summed E-state index contributed by atoms with van der Waals surface area (Å²) < 4.78 is 1.43. The van der Waals surface area contributed by atoms with Crippen molar-refractivity contribution >= 4 is 11.8 Å². The second-order valence-corrected chi connectivity index (χ2v) is 6.11. The van der Waals surface area contributed by atoms with Gasteiger partial charge in [0.2, 0.25) is 11.8 Å². The Hall–Kier alpha value is -2.03. The van der Waals surface area contributed by atoms with Crippen LogP contribution in [0.1, 0.15) is 19.3 Å². The highest BCUT2D eigenvalue weighted by molar-refractivity contribution is 5.78. The number of hydrogen-bond donors (Lipinski definition) is 0. The summed E-state index contributed by atoms with van der Waals surface area (Å²) in [5.74, 6) is 0.237. The van der Waals surface area contributed by atoms with Gasteiger partial charge in [0.05, 0.1) is 6.54 Å². The van der Waals surface area contributed by atoms with Crippen LogP contribution in [-0.2, 0) is 16.1 Å². The molecule has 0 bridgehead atoms. The smallest absolute Gasteiger partial charge is 0.244 e. The van der Waals surface area contributed by atoms with Gasteiger partial charge in [0.1, 0.15) is 12.9 Å². The Kier molecular flexibility index (Phi) is 5.16. The molecule has 1 aromatic heterocycles. The molecule has 2 amide bonds. The molecule has 2 fully saturated rings. The van der Waals surface area contributed by atoms with Gasteiger partial charge in [-0.3, -0.25) is 14.5 Å². The van der Waals surface area contributed by atoms with Crippen molar-refractivity contribution in [3.63, 3.8) is 0 Å². The number of carbonyl (C=O) groups is 2. The summed E-state index contributed by atoms with van der Waals surface area (Å²) in [5, 5.41) is 10.8. The summed E-state index contributed by atoms with van der Waals surface area (Å²) in [6.45, 7) is 5.37. The van der Waals surface area contributed by atoms with Gasteiger partial charge in [-0.15, -0.1) is 5.10 Å². The monoisotopic (exact) mass is 321 g/mol. The molecule has 0 spiro atoms. The molecule has 9 heteroatoms. The van der Waals surface area contributed by atoms with E-state index in [4.69, 9.17) is 0 Å². The highest BCUT2D eigenvalue weighted by atomic mass is 16.2. The van der Waals surface area contributed by atoms with Crippen LogP contribution in [-0.4, -0.2) is 92.5 Å². The number of carbonyl (C=O) groups excluding carboxylic acids is 2. The molecule has 0 N–H and O–H groups in total. The van der Waals surface area contributed by atoms with E-state index < -0.39 is 0 Å². The largest absolute Gasteiger partial charge is 0.342 e. The first kappa shape index (κ1) is 15.9. The fourth-order valence-electron chi connectivity index (χ4n) is 3.13. The number of aromatic nitrogens is 4. The van der Waals surface area contributed by atoms with Crippen molar-refractivity contribution in [2.45, 2.75) is 25.8 Å². The summed E-state index contributed by atoms with van der Waals surface area (Å²) in [7, 11) is 0. The zero-order valence-electron chi connectivity index (χ0n) is 13.3. The van der Waals surface area contributed by atoms with E-state index in [0.717, 1.165) is 52.0 Å². The van der Waals surface area contributed by atoms with E-state index in [0.29, 0.717) is 13.1 Å². The van der Waals surface area contributed by atoms with Crippen molar-refractivity contribution in [2.24, 2.45) is 0 Å². The number of nitrogens with zero attached hydrogens (tertiary/aromatic N) is 7. The summed E-state index contributed by atoms with van der Waals surface area (Å²) in [4.78, 5) is 30.4. The maximum absolute atomic E-state index is 12.3. The fourth-order valence-corrected chi connectivity index (χ4v) is 3.13. The van der Waals surface area contributed by atoms with E-state index in [-0.39, 0.29) is 18.4 Å². The van der Waals surface area contributed by atoms with Gasteiger partial charge < -0.3 is 9.80 Å². The van der Waals surface area contributed by atoms with Crippen molar-refractivity contribution in [1.82, 2.24) is 34.9 Å². The lowest BCUT2D eigenvalue weighted by atomic mass is 10.3. The third-order valence-electron chi connectivity index (χ3n) is 4.45. The summed E-state index contributed by atoms with van der Waals surface area (Å²) in [6.07, 6.45) is 4.56. The van der Waals surface area contributed by atoms with Crippen molar-refractivity contribution in [3.05, 3.63) is 6.33 Å². The molecule has 0 aliphatic carbocycles. The van der Waals surface area contributed by atoms with Crippen molar-refractivity contribution in [3.8, 4) is 0 Å². The summed E-state index contributed by atoms with van der Waals surface area (Å²) in [5.41, 5.74) is 0. The van der Waals surface area contributed by atoms with E-state index >= 15 is 0 Å². The second kappa shape index (κ2) is 7.49. The molecule has 23 heavy (non-hydrogen) atoms. The van der Waals surface area contributed by atoms with E-state index in [1.165, 1.54) is 11.0 Å². The molecule has 9 nitrogen and oxygen atoms in total. The lowest BCUT2D eigenvalue weighted by molar-refractivity contribution is -0.131. The van der Waals surface area contributed by atoms with Gasteiger partial charge in [0, 0.05) is 39.3 Å². The Morgan fingerprint density at radius 3 is 2.26 bits per heavy atom. The quantitative estimate of drug-likeness (QED) is 0.694. The molecule has 0 aromatic carbocycles. The molecule has 0 radical (unpaired) electrons. The van der Waals surface area contributed by atoms with E-state index in [1.807, 2.05) is 9.80 Å². The number of rotatable bonds is 4. The van der Waals surface area contributed by atoms with Gasteiger partial charge in [-0.1, -0.05) is 0 Å². The molecule has 1 aromatic rings. The molecule has 0 unspecified atom stereocenters. The number of tetrazole rings is 1. The standard InChI is InChI=1S/C14H23N7O2/c22-13(19-5-1-2-6-19)10-18-4-3-7-20(9-8-18)14(23)11-21-12-15-16-17-21/h12H,1-11H2. The van der Waals surface area contributed by atoms with Crippen molar-refractivity contribution in [1.29, 1.82) is 0 Å². The van der Waals surface area contributed by atoms with Crippen LogP contribution in [0.25, 0.3) is 0 Å². The molecule has 2 saturated heterocycles. The zero-order valence-corrected chi connectivity index (χ0v) is 13.3. The van der Waals surface area contributed by atoms with Crippen LogP contribution in [0.5, 0.6) is 0 Å². The summed E-state index contributed by atoms with van der Waals surface area (Å²) in [6, 6.07) is 0. The average molecular weight is 321 g/mol. The predicted octanol–water partition coefficient (Wildman–Crippen LogP) is -1.17.